The maximum Gasteiger partial charge on any atom is 0.317 e. The maximum atomic E-state index is 12.2. The Morgan fingerprint density at radius 3 is 2.57 bits per heavy atom. The molecule has 1 aliphatic heterocycles. The van der Waals surface area contributed by atoms with Gasteiger partial charge in [0, 0.05) is 25.7 Å². The van der Waals surface area contributed by atoms with Gasteiger partial charge in [-0.05, 0) is 49.8 Å². The first-order valence-corrected chi connectivity index (χ1v) is 9.78. The highest BCUT2D eigenvalue weighted by atomic mass is 16.5. The van der Waals surface area contributed by atoms with Crippen LogP contribution in [0.25, 0.3) is 0 Å². The minimum atomic E-state index is -0.843. The van der Waals surface area contributed by atoms with Gasteiger partial charge in [-0.25, -0.2) is 4.79 Å². The van der Waals surface area contributed by atoms with E-state index in [1.54, 1.807) is 4.90 Å². The average molecular weight is 389 g/mol. The van der Waals surface area contributed by atoms with Crippen LogP contribution in [-0.4, -0.2) is 60.2 Å². The van der Waals surface area contributed by atoms with Crippen molar-refractivity contribution in [2.45, 2.75) is 38.1 Å². The van der Waals surface area contributed by atoms with Crippen LogP contribution < -0.4 is 15.4 Å². The number of nitrogens with one attached hydrogen (secondary N) is 2. The molecular weight excluding hydrogens is 362 g/mol. The van der Waals surface area contributed by atoms with Crippen LogP contribution in [0.4, 0.5) is 4.79 Å². The fraction of sp³-hybridized carbons (Fsp3) is 0.550. The second-order valence-corrected chi connectivity index (χ2v) is 7.38. The summed E-state index contributed by atoms with van der Waals surface area (Å²) in [6, 6.07) is 7.54. The van der Waals surface area contributed by atoms with Crippen molar-refractivity contribution in [3.05, 3.63) is 29.8 Å². The first-order valence-electron chi connectivity index (χ1n) is 9.78. The van der Waals surface area contributed by atoms with Gasteiger partial charge in [0.15, 0.2) is 6.61 Å². The van der Waals surface area contributed by atoms with E-state index in [9.17, 15) is 14.4 Å². The summed E-state index contributed by atoms with van der Waals surface area (Å²) in [5, 5.41) is 14.8. The van der Waals surface area contributed by atoms with Gasteiger partial charge in [-0.3, -0.25) is 9.59 Å². The number of piperidine rings is 1. The monoisotopic (exact) mass is 389 g/mol. The van der Waals surface area contributed by atoms with E-state index in [-0.39, 0.29) is 25.1 Å². The number of carboxylic acid groups (broad SMARTS) is 1. The Morgan fingerprint density at radius 1 is 1.14 bits per heavy atom. The first kappa shape index (κ1) is 20.0. The number of carbonyl (C=O) groups is 3. The highest BCUT2D eigenvalue weighted by Gasteiger charge is 2.27. The van der Waals surface area contributed by atoms with E-state index in [0.717, 1.165) is 18.4 Å². The van der Waals surface area contributed by atoms with Crippen molar-refractivity contribution in [3.8, 4) is 5.75 Å². The predicted octanol–water partition coefficient (Wildman–Crippen LogP) is 1.39. The second kappa shape index (κ2) is 9.43. The number of rotatable bonds is 8. The minimum absolute atomic E-state index is 0.0130. The highest BCUT2D eigenvalue weighted by molar-refractivity contribution is 5.78. The van der Waals surface area contributed by atoms with Gasteiger partial charge < -0.3 is 25.4 Å². The van der Waals surface area contributed by atoms with E-state index in [2.05, 4.69) is 10.6 Å². The molecule has 3 rings (SSSR count). The summed E-state index contributed by atoms with van der Waals surface area (Å²) in [4.78, 5) is 36.5. The quantitative estimate of drug-likeness (QED) is 0.623. The summed E-state index contributed by atoms with van der Waals surface area (Å²) in [7, 11) is 0. The zero-order valence-electron chi connectivity index (χ0n) is 15.9. The van der Waals surface area contributed by atoms with Crippen LogP contribution in [0.3, 0.4) is 0 Å². The number of hydrogen-bond donors (Lipinski definition) is 3. The predicted molar refractivity (Wildman–Crippen MR) is 102 cm³/mol. The summed E-state index contributed by atoms with van der Waals surface area (Å²) in [6.45, 7) is 1.34. The van der Waals surface area contributed by atoms with Gasteiger partial charge in [0.05, 0.1) is 5.92 Å². The largest absolute Gasteiger partial charge is 0.484 e. The molecule has 1 heterocycles. The number of amides is 3. The molecule has 0 bridgehead atoms. The topological polar surface area (TPSA) is 108 Å². The molecule has 1 unspecified atom stereocenters. The van der Waals surface area contributed by atoms with Crippen molar-refractivity contribution in [2.24, 2.45) is 5.92 Å². The van der Waals surface area contributed by atoms with Crippen molar-refractivity contribution in [3.63, 3.8) is 0 Å². The van der Waals surface area contributed by atoms with E-state index >= 15 is 0 Å². The minimum Gasteiger partial charge on any atom is -0.484 e. The van der Waals surface area contributed by atoms with Crippen LogP contribution in [0.15, 0.2) is 24.3 Å². The van der Waals surface area contributed by atoms with Gasteiger partial charge in [-0.1, -0.05) is 12.1 Å². The molecule has 2 aliphatic rings. The molecule has 0 radical (unpaired) electrons. The molecule has 8 nitrogen and oxygen atoms in total. The summed E-state index contributed by atoms with van der Waals surface area (Å²) in [6.07, 6.45) is 4.09. The van der Waals surface area contributed by atoms with Gasteiger partial charge in [0.1, 0.15) is 5.75 Å². The number of benzene rings is 1. The Bertz CT molecular complexity index is 702. The van der Waals surface area contributed by atoms with Gasteiger partial charge in [0.25, 0.3) is 5.91 Å². The smallest absolute Gasteiger partial charge is 0.317 e. The SMILES string of the molecule is O=C(COc1ccc(CCNC(=O)N2CCCC(C(=O)O)C2)cc1)NC1CC1. The lowest BCUT2D eigenvalue weighted by atomic mass is 9.99. The molecule has 1 aromatic rings. The molecule has 2 fully saturated rings. The fourth-order valence-electron chi connectivity index (χ4n) is 3.19. The van der Waals surface area contributed by atoms with Crippen LogP contribution in [0, 0.1) is 5.92 Å². The normalized spacial score (nSPS) is 19.0. The number of carbonyl (C=O) groups excluding carboxylic acids is 2. The van der Waals surface area contributed by atoms with Gasteiger partial charge in [-0.2, -0.15) is 0 Å². The summed E-state index contributed by atoms with van der Waals surface area (Å²) >= 11 is 0. The maximum absolute atomic E-state index is 12.2. The van der Waals surface area contributed by atoms with Crippen molar-refractivity contribution >= 4 is 17.9 Å². The molecule has 1 aromatic carbocycles. The lowest BCUT2D eigenvalue weighted by Gasteiger charge is -2.30. The highest BCUT2D eigenvalue weighted by Crippen LogP contribution is 2.19. The number of nitrogens with zero attached hydrogens (tertiary/aromatic N) is 1. The van der Waals surface area contributed by atoms with Crippen molar-refractivity contribution in [2.75, 3.05) is 26.2 Å². The van der Waals surface area contributed by atoms with Crippen LogP contribution in [0.2, 0.25) is 0 Å². The lowest BCUT2D eigenvalue weighted by molar-refractivity contribution is -0.143. The Morgan fingerprint density at radius 2 is 1.89 bits per heavy atom. The third kappa shape index (κ3) is 6.14. The zero-order chi connectivity index (χ0) is 19.9. The van der Waals surface area contributed by atoms with Gasteiger partial charge in [0.2, 0.25) is 0 Å². The number of ether oxygens (including phenoxy) is 1. The molecule has 8 heteroatoms. The molecule has 0 aromatic heterocycles. The summed E-state index contributed by atoms with van der Waals surface area (Å²) in [5.74, 6) is -0.785. The van der Waals surface area contributed by atoms with E-state index in [1.165, 1.54) is 0 Å². The lowest BCUT2D eigenvalue weighted by Crippen LogP contribution is -2.47. The molecule has 1 aliphatic carbocycles. The number of carboxylic acids is 1. The molecule has 28 heavy (non-hydrogen) atoms. The van der Waals surface area contributed by atoms with Crippen LogP contribution in [0.5, 0.6) is 5.75 Å². The van der Waals surface area contributed by atoms with Crippen LogP contribution in [0.1, 0.15) is 31.2 Å². The molecule has 0 spiro atoms. The van der Waals surface area contributed by atoms with Crippen molar-refractivity contribution < 1.29 is 24.2 Å². The molecule has 1 saturated heterocycles. The third-order valence-electron chi connectivity index (χ3n) is 4.98. The van der Waals surface area contributed by atoms with Crippen molar-refractivity contribution in [1.82, 2.24) is 15.5 Å². The molecule has 3 N–H and O–H groups in total. The second-order valence-electron chi connectivity index (χ2n) is 7.38. The Balaban J connectivity index is 1.35. The average Bonchev–Trinajstić information content (AvgIpc) is 3.51. The summed E-state index contributed by atoms with van der Waals surface area (Å²) in [5.41, 5.74) is 1.04. The van der Waals surface area contributed by atoms with E-state index < -0.39 is 11.9 Å². The standard InChI is InChI=1S/C20H27N3O5/c24-18(22-16-5-6-16)13-28-17-7-3-14(4-8-17)9-10-21-20(27)23-11-1-2-15(12-23)19(25)26/h3-4,7-8,15-16H,1-2,5-6,9-13H2,(H,21,27)(H,22,24)(H,25,26). The first-order chi connectivity index (χ1) is 13.5. The molecule has 1 saturated carbocycles. The fourth-order valence-corrected chi connectivity index (χ4v) is 3.19. The Kier molecular flexibility index (Phi) is 6.73. The zero-order valence-corrected chi connectivity index (χ0v) is 15.9. The molecule has 1 atom stereocenters. The Hall–Kier alpha value is -2.77. The number of hydrogen-bond acceptors (Lipinski definition) is 4. The van der Waals surface area contributed by atoms with E-state index in [4.69, 9.17) is 9.84 Å². The number of aliphatic carboxylic acids is 1. The van der Waals surface area contributed by atoms with Crippen molar-refractivity contribution in [1.29, 1.82) is 0 Å². The molecular formula is C20H27N3O5. The third-order valence-corrected chi connectivity index (χ3v) is 4.98. The van der Waals surface area contributed by atoms with E-state index in [1.807, 2.05) is 24.3 Å². The van der Waals surface area contributed by atoms with Crippen LogP contribution in [-0.2, 0) is 16.0 Å². The van der Waals surface area contributed by atoms with E-state index in [0.29, 0.717) is 44.1 Å². The summed E-state index contributed by atoms with van der Waals surface area (Å²) < 4.78 is 5.47. The molecule has 152 valence electrons. The molecule has 3 amide bonds. The van der Waals surface area contributed by atoms with Crippen LogP contribution >= 0.6 is 0 Å². The van der Waals surface area contributed by atoms with Gasteiger partial charge in [-0.15, -0.1) is 0 Å². The number of urea groups is 1. The van der Waals surface area contributed by atoms with Gasteiger partial charge >= 0.3 is 12.0 Å². The Labute approximate surface area is 164 Å². The number of likely N-dealkylation sites (tertiary alicyclic amines) is 1.